The van der Waals surface area contributed by atoms with Crippen molar-refractivity contribution in [2.45, 2.75) is 12.5 Å². The number of hydrogen-bond acceptors (Lipinski definition) is 3. The SMILES string of the molecule is N#CC(N)CCN. The van der Waals surface area contributed by atoms with E-state index >= 15 is 0 Å². The largest absolute Gasteiger partial charge is 0.330 e. The fourth-order valence-electron chi connectivity index (χ4n) is 0.244. The van der Waals surface area contributed by atoms with E-state index in [4.69, 9.17) is 16.7 Å². The minimum atomic E-state index is -0.370. The van der Waals surface area contributed by atoms with E-state index < -0.39 is 0 Å². The number of hydrogen-bond donors (Lipinski definition) is 2. The first-order chi connectivity index (χ1) is 3.31. The highest BCUT2D eigenvalue weighted by Gasteiger charge is 1.93. The maximum absolute atomic E-state index is 8.04. The molecule has 0 fully saturated rings. The number of nitriles is 1. The van der Waals surface area contributed by atoms with Crippen LogP contribution in [0, 0.1) is 11.3 Å². The zero-order valence-corrected chi connectivity index (χ0v) is 4.09. The molecular weight excluding hydrogens is 90.1 g/mol. The Labute approximate surface area is 42.9 Å². The number of nitrogens with two attached hydrogens (primary N) is 2. The molecule has 0 aliphatic carbocycles. The van der Waals surface area contributed by atoms with Crippen LogP contribution in [-0.2, 0) is 0 Å². The van der Waals surface area contributed by atoms with Crippen molar-refractivity contribution in [3.63, 3.8) is 0 Å². The lowest BCUT2D eigenvalue weighted by molar-refractivity contribution is 0.742. The second-order valence-corrected chi connectivity index (χ2v) is 1.31. The second kappa shape index (κ2) is 3.59. The van der Waals surface area contributed by atoms with Crippen LogP contribution in [0.2, 0.25) is 0 Å². The standard InChI is InChI=1S/C4H9N3/c5-2-1-4(7)3-6/h4H,1-2,5,7H2. The molecule has 0 aromatic heterocycles. The molecule has 0 radical (unpaired) electrons. The number of nitrogens with zero attached hydrogens (tertiary/aromatic N) is 1. The highest BCUT2D eigenvalue weighted by atomic mass is 14.6. The molecule has 0 spiro atoms. The van der Waals surface area contributed by atoms with E-state index in [0.29, 0.717) is 13.0 Å². The number of rotatable bonds is 2. The van der Waals surface area contributed by atoms with Crippen LogP contribution >= 0.6 is 0 Å². The van der Waals surface area contributed by atoms with Gasteiger partial charge in [0, 0.05) is 0 Å². The third kappa shape index (κ3) is 3.23. The monoisotopic (exact) mass is 99.1 g/mol. The van der Waals surface area contributed by atoms with Gasteiger partial charge in [-0.05, 0) is 13.0 Å². The Morgan fingerprint density at radius 1 is 1.71 bits per heavy atom. The Bertz CT molecular complexity index is 73.5. The Hall–Kier alpha value is -0.590. The summed E-state index contributed by atoms with van der Waals surface area (Å²) in [6.45, 7) is 0.495. The van der Waals surface area contributed by atoms with Crippen LogP contribution < -0.4 is 11.5 Å². The normalized spacial score (nSPS) is 12.7. The Kier molecular flexibility index (Phi) is 3.29. The molecular formula is C4H9N3. The smallest absolute Gasteiger partial charge is 0.0940 e. The van der Waals surface area contributed by atoms with Gasteiger partial charge in [-0.1, -0.05) is 0 Å². The molecule has 1 unspecified atom stereocenters. The van der Waals surface area contributed by atoms with Gasteiger partial charge in [-0.2, -0.15) is 5.26 Å². The van der Waals surface area contributed by atoms with Gasteiger partial charge in [0.15, 0.2) is 0 Å². The molecule has 0 aliphatic rings. The molecule has 0 bridgehead atoms. The first kappa shape index (κ1) is 6.41. The van der Waals surface area contributed by atoms with E-state index in [2.05, 4.69) is 0 Å². The molecule has 4 N–H and O–H groups in total. The fourth-order valence-corrected chi connectivity index (χ4v) is 0.244. The molecule has 0 aromatic carbocycles. The molecule has 0 aliphatic heterocycles. The molecule has 0 aromatic rings. The Morgan fingerprint density at radius 2 is 2.29 bits per heavy atom. The topological polar surface area (TPSA) is 75.8 Å². The van der Waals surface area contributed by atoms with Crippen LogP contribution in [-0.4, -0.2) is 12.6 Å². The molecule has 0 amide bonds. The first-order valence-electron chi connectivity index (χ1n) is 2.16. The van der Waals surface area contributed by atoms with Crippen LogP contribution in [0.15, 0.2) is 0 Å². The highest BCUT2D eigenvalue weighted by molar-refractivity contribution is 4.85. The van der Waals surface area contributed by atoms with Crippen LogP contribution in [0.25, 0.3) is 0 Å². The van der Waals surface area contributed by atoms with Gasteiger partial charge in [-0.15, -0.1) is 0 Å². The van der Waals surface area contributed by atoms with E-state index in [0.717, 1.165) is 0 Å². The third-order valence-corrected chi connectivity index (χ3v) is 0.643. The van der Waals surface area contributed by atoms with Crippen molar-refractivity contribution in [1.29, 1.82) is 5.26 Å². The van der Waals surface area contributed by atoms with Crippen LogP contribution in [0.5, 0.6) is 0 Å². The lowest BCUT2D eigenvalue weighted by Gasteiger charge is -1.93. The zero-order valence-electron chi connectivity index (χ0n) is 4.09. The Balaban J connectivity index is 3.04. The summed E-state index contributed by atoms with van der Waals surface area (Å²) in [7, 11) is 0. The van der Waals surface area contributed by atoms with Crippen molar-refractivity contribution in [3.8, 4) is 6.07 Å². The highest BCUT2D eigenvalue weighted by Crippen LogP contribution is 1.78. The minimum absolute atomic E-state index is 0.370. The minimum Gasteiger partial charge on any atom is -0.330 e. The van der Waals surface area contributed by atoms with Gasteiger partial charge >= 0.3 is 0 Å². The zero-order chi connectivity index (χ0) is 5.70. The molecule has 0 rings (SSSR count). The van der Waals surface area contributed by atoms with E-state index in [1.165, 1.54) is 0 Å². The van der Waals surface area contributed by atoms with Gasteiger partial charge in [0.25, 0.3) is 0 Å². The summed E-state index contributed by atoms with van der Waals surface area (Å²) in [5.41, 5.74) is 10.2. The van der Waals surface area contributed by atoms with Crippen molar-refractivity contribution in [3.05, 3.63) is 0 Å². The average molecular weight is 99.1 g/mol. The third-order valence-electron chi connectivity index (χ3n) is 0.643. The molecule has 3 nitrogen and oxygen atoms in total. The van der Waals surface area contributed by atoms with Crippen LogP contribution in [0.3, 0.4) is 0 Å². The molecule has 0 saturated heterocycles. The van der Waals surface area contributed by atoms with E-state index in [1.54, 1.807) is 0 Å². The quantitative estimate of drug-likeness (QED) is 0.475. The van der Waals surface area contributed by atoms with Crippen LogP contribution in [0.1, 0.15) is 6.42 Å². The molecule has 1 atom stereocenters. The predicted octanol–water partition coefficient (Wildman–Crippen LogP) is -0.814. The fraction of sp³-hybridized carbons (Fsp3) is 0.750. The predicted molar refractivity (Wildman–Crippen MR) is 27.3 cm³/mol. The summed E-state index contributed by atoms with van der Waals surface area (Å²) < 4.78 is 0. The van der Waals surface area contributed by atoms with Gasteiger partial charge < -0.3 is 11.5 Å². The van der Waals surface area contributed by atoms with Gasteiger partial charge in [-0.3, -0.25) is 0 Å². The lowest BCUT2D eigenvalue weighted by atomic mass is 10.2. The molecule has 7 heavy (non-hydrogen) atoms. The maximum atomic E-state index is 8.04. The van der Waals surface area contributed by atoms with Gasteiger partial charge in [0.05, 0.1) is 12.1 Å². The van der Waals surface area contributed by atoms with Gasteiger partial charge in [0.2, 0.25) is 0 Å². The molecule has 0 saturated carbocycles. The van der Waals surface area contributed by atoms with Crippen molar-refractivity contribution in [2.24, 2.45) is 11.5 Å². The van der Waals surface area contributed by atoms with E-state index in [9.17, 15) is 0 Å². The lowest BCUT2D eigenvalue weighted by Crippen LogP contribution is -2.20. The van der Waals surface area contributed by atoms with E-state index in [-0.39, 0.29) is 6.04 Å². The van der Waals surface area contributed by atoms with Crippen LogP contribution in [0.4, 0.5) is 0 Å². The van der Waals surface area contributed by atoms with Gasteiger partial charge in [0.1, 0.15) is 0 Å². The first-order valence-corrected chi connectivity index (χ1v) is 2.16. The van der Waals surface area contributed by atoms with Crippen molar-refractivity contribution < 1.29 is 0 Å². The summed E-state index contributed by atoms with van der Waals surface area (Å²) in [6.07, 6.45) is 0.594. The summed E-state index contributed by atoms with van der Waals surface area (Å²) >= 11 is 0. The van der Waals surface area contributed by atoms with Crippen molar-refractivity contribution in [2.75, 3.05) is 6.54 Å². The van der Waals surface area contributed by atoms with E-state index in [1.807, 2.05) is 6.07 Å². The average Bonchev–Trinajstić information content (AvgIpc) is 1.68. The van der Waals surface area contributed by atoms with Crippen molar-refractivity contribution in [1.82, 2.24) is 0 Å². The summed E-state index contributed by atoms with van der Waals surface area (Å²) in [6, 6.07) is 1.49. The maximum Gasteiger partial charge on any atom is 0.0940 e. The second-order valence-electron chi connectivity index (χ2n) is 1.31. The molecule has 0 heterocycles. The molecule has 3 heteroatoms. The molecule has 40 valence electrons. The summed E-state index contributed by atoms with van der Waals surface area (Å²) in [5.74, 6) is 0. The Morgan fingerprint density at radius 3 is 2.43 bits per heavy atom. The summed E-state index contributed by atoms with van der Waals surface area (Å²) in [5, 5.41) is 8.04. The van der Waals surface area contributed by atoms with Crippen molar-refractivity contribution >= 4 is 0 Å². The summed E-state index contributed by atoms with van der Waals surface area (Å²) in [4.78, 5) is 0. The van der Waals surface area contributed by atoms with Gasteiger partial charge in [-0.25, -0.2) is 0 Å².